The molecule has 0 saturated heterocycles. The summed E-state index contributed by atoms with van der Waals surface area (Å²) in [6, 6.07) is 5.03. The fourth-order valence-electron chi connectivity index (χ4n) is 1.83. The molecule has 1 heterocycles. The van der Waals surface area contributed by atoms with Crippen LogP contribution in [0, 0.1) is 0 Å². The zero-order chi connectivity index (χ0) is 15.6. The van der Waals surface area contributed by atoms with Crippen molar-refractivity contribution in [1.82, 2.24) is 9.78 Å². The Labute approximate surface area is 124 Å². The Morgan fingerprint density at radius 1 is 1.43 bits per heavy atom. The second-order valence-electron chi connectivity index (χ2n) is 4.32. The van der Waals surface area contributed by atoms with Gasteiger partial charge in [0.05, 0.1) is 25.4 Å². The maximum atomic E-state index is 12.5. The Morgan fingerprint density at radius 3 is 2.67 bits per heavy atom. The van der Waals surface area contributed by atoms with E-state index in [1.165, 1.54) is 11.8 Å². The molecule has 0 aliphatic rings. The molecular formula is C13H12F3N3OS. The Bertz CT molecular complexity index is 667. The van der Waals surface area contributed by atoms with Crippen molar-refractivity contribution in [2.24, 2.45) is 5.73 Å². The fourth-order valence-corrected chi connectivity index (χ4v) is 1.95. The number of rotatable bonds is 4. The molecule has 0 unspecified atom stereocenters. The molecule has 21 heavy (non-hydrogen) atoms. The lowest BCUT2D eigenvalue weighted by atomic mass is 10.1. The van der Waals surface area contributed by atoms with Gasteiger partial charge in [-0.25, -0.2) is 0 Å². The average Bonchev–Trinajstić information content (AvgIpc) is 2.87. The van der Waals surface area contributed by atoms with Crippen molar-refractivity contribution in [3.63, 3.8) is 0 Å². The topological polar surface area (TPSA) is 53.1 Å². The summed E-state index contributed by atoms with van der Waals surface area (Å²) in [7, 11) is 1.48. The van der Waals surface area contributed by atoms with E-state index in [0.29, 0.717) is 16.9 Å². The van der Waals surface area contributed by atoms with Crippen molar-refractivity contribution in [3.05, 3.63) is 47.3 Å². The molecule has 2 rings (SSSR count). The number of methoxy groups -OCH3 is 1. The van der Waals surface area contributed by atoms with Gasteiger partial charge in [-0.3, -0.25) is 4.68 Å². The summed E-state index contributed by atoms with van der Waals surface area (Å²) in [5.41, 5.74) is 6.00. The normalized spacial score (nSPS) is 11.4. The van der Waals surface area contributed by atoms with E-state index in [1.54, 1.807) is 18.2 Å². The van der Waals surface area contributed by atoms with Gasteiger partial charge in [-0.05, 0) is 18.2 Å². The molecular weight excluding hydrogens is 303 g/mol. The highest BCUT2D eigenvalue weighted by Gasteiger charge is 2.32. The van der Waals surface area contributed by atoms with Crippen LogP contribution in [0.3, 0.4) is 0 Å². The van der Waals surface area contributed by atoms with E-state index in [9.17, 15) is 13.2 Å². The molecule has 2 N–H and O–H groups in total. The minimum Gasteiger partial charge on any atom is -0.496 e. The molecule has 0 fully saturated rings. The van der Waals surface area contributed by atoms with Crippen LogP contribution in [-0.4, -0.2) is 21.9 Å². The summed E-state index contributed by atoms with van der Waals surface area (Å²) >= 11 is 4.88. The first-order chi connectivity index (χ1) is 9.81. The first-order valence-electron chi connectivity index (χ1n) is 5.87. The Balaban J connectivity index is 2.32. The number of hydrogen-bond acceptors (Lipinski definition) is 3. The van der Waals surface area contributed by atoms with E-state index in [0.717, 1.165) is 12.4 Å². The number of aromatic nitrogens is 2. The number of nitrogens with two attached hydrogens (primary N) is 1. The first-order valence-corrected chi connectivity index (χ1v) is 6.28. The molecule has 4 nitrogen and oxygen atoms in total. The summed E-state index contributed by atoms with van der Waals surface area (Å²) in [5, 5.41) is 3.70. The Kier molecular flexibility index (Phi) is 4.17. The average molecular weight is 315 g/mol. The largest absolute Gasteiger partial charge is 0.496 e. The molecule has 0 spiro atoms. The highest BCUT2D eigenvalue weighted by Crippen LogP contribution is 2.29. The van der Waals surface area contributed by atoms with Crippen molar-refractivity contribution in [2.45, 2.75) is 12.7 Å². The number of alkyl halides is 3. The van der Waals surface area contributed by atoms with Crippen LogP contribution in [0.5, 0.6) is 5.75 Å². The lowest BCUT2D eigenvalue weighted by Crippen LogP contribution is -2.11. The van der Waals surface area contributed by atoms with Gasteiger partial charge in [-0.1, -0.05) is 12.2 Å². The third-order valence-electron chi connectivity index (χ3n) is 2.86. The Morgan fingerprint density at radius 2 is 2.14 bits per heavy atom. The molecule has 1 aromatic heterocycles. The first kappa shape index (κ1) is 15.3. The molecule has 2 aromatic rings. The number of thiocarbonyl (C=S) groups is 1. The van der Waals surface area contributed by atoms with Gasteiger partial charge in [0.1, 0.15) is 10.7 Å². The number of benzene rings is 1. The van der Waals surface area contributed by atoms with Crippen LogP contribution in [0.15, 0.2) is 30.6 Å². The van der Waals surface area contributed by atoms with Crippen LogP contribution in [0.25, 0.3) is 0 Å². The van der Waals surface area contributed by atoms with Gasteiger partial charge < -0.3 is 10.5 Å². The van der Waals surface area contributed by atoms with E-state index in [-0.39, 0.29) is 11.5 Å². The summed E-state index contributed by atoms with van der Waals surface area (Å²) in [4.78, 5) is 0.204. The summed E-state index contributed by atoms with van der Waals surface area (Å²) in [5.74, 6) is 0.527. The smallest absolute Gasteiger partial charge is 0.419 e. The third-order valence-corrected chi connectivity index (χ3v) is 3.09. The maximum absolute atomic E-state index is 12.5. The molecule has 0 atom stereocenters. The van der Waals surface area contributed by atoms with E-state index < -0.39 is 11.7 Å². The highest BCUT2D eigenvalue weighted by molar-refractivity contribution is 7.80. The second kappa shape index (κ2) is 5.72. The molecule has 0 saturated carbocycles. The lowest BCUT2D eigenvalue weighted by molar-refractivity contribution is -0.137. The second-order valence-corrected chi connectivity index (χ2v) is 4.76. The predicted octanol–water partition coefficient (Wildman–Crippen LogP) is 2.59. The van der Waals surface area contributed by atoms with Gasteiger partial charge in [0.2, 0.25) is 0 Å². The monoisotopic (exact) mass is 315 g/mol. The highest BCUT2D eigenvalue weighted by atomic mass is 32.1. The fraction of sp³-hybridized carbons (Fsp3) is 0.231. The molecule has 1 aromatic carbocycles. The third kappa shape index (κ3) is 3.52. The summed E-state index contributed by atoms with van der Waals surface area (Å²) in [6.07, 6.45) is -2.69. The number of ether oxygens (including phenoxy) is 1. The molecule has 0 aliphatic carbocycles. The van der Waals surface area contributed by atoms with Gasteiger partial charge in [0.15, 0.2) is 0 Å². The quantitative estimate of drug-likeness (QED) is 0.881. The van der Waals surface area contributed by atoms with Crippen molar-refractivity contribution in [1.29, 1.82) is 0 Å². The van der Waals surface area contributed by atoms with E-state index in [1.807, 2.05) is 0 Å². The van der Waals surface area contributed by atoms with Crippen LogP contribution in [0.2, 0.25) is 0 Å². The molecule has 8 heteroatoms. The van der Waals surface area contributed by atoms with Gasteiger partial charge in [0.25, 0.3) is 0 Å². The maximum Gasteiger partial charge on any atom is 0.419 e. The van der Waals surface area contributed by atoms with Gasteiger partial charge in [0, 0.05) is 17.3 Å². The zero-order valence-corrected chi connectivity index (χ0v) is 11.8. The minimum atomic E-state index is -4.41. The van der Waals surface area contributed by atoms with Crippen LogP contribution < -0.4 is 10.5 Å². The molecule has 0 radical (unpaired) electrons. The van der Waals surface area contributed by atoms with Crippen molar-refractivity contribution in [3.8, 4) is 5.75 Å². The standard InChI is InChI=1S/C13H12F3N3OS/c1-20-11-3-2-8(12(17)21)4-9(11)6-19-7-10(5-18-19)13(14,15)16/h2-5,7H,6H2,1H3,(H2,17,21). The van der Waals surface area contributed by atoms with Crippen LogP contribution in [0.4, 0.5) is 13.2 Å². The van der Waals surface area contributed by atoms with Crippen LogP contribution in [-0.2, 0) is 12.7 Å². The van der Waals surface area contributed by atoms with Crippen LogP contribution >= 0.6 is 12.2 Å². The molecule has 0 amide bonds. The summed E-state index contributed by atoms with van der Waals surface area (Å²) in [6.45, 7) is 0.121. The van der Waals surface area contributed by atoms with Gasteiger partial charge in [-0.2, -0.15) is 18.3 Å². The van der Waals surface area contributed by atoms with Crippen molar-refractivity contribution >= 4 is 17.2 Å². The number of nitrogens with zero attached hydrogens (tertiary/aromatic N) is 2. The molecule has 0 bridgehead atoms. The zero-order valence-electron chi connectivity index (χ0n) is 11.0. The van der Waals surface area contributed by atoms with E-state index >= 15 is 0 Å². The molecule has 0 aliphatic heterocycles. The van der Waals surface area contributed by atoms with Gasteiger partial charge in [-0.15, -0.1) is 0 Å². The lowest BCUT2D eigenvalue weighted by Gasteiger charge is -2.10. The van der Waals surface area contributed by atoms with Crippen molar-refractivity contribution < 1.29 is 17.9 Å². The minimum absolute atomic E-state index is 0.121. The molecule has 112 valence electrons. The van der Waals surface area contributed by atoms with E-state index in [2.05, 4.69) is 5.10 Å². The number of halogens is 3. The SMILES string of the molecule is COc1ccc(C(N)=S)cc1Cn1cc(C(F)(F)F)cn1. The van der Waals surface area contributed by atoms with Gasteiger partial charge >= 0.3 is 6.18 Å². The number of hydrogen-bond donors (Lipinski definition) is 1. The predicted molar refractivity (Wildman–Crippen MR) is 75.2 cm³/mol. The van der Waals surface area contributed by atoms with E-state index in [4.69, 9.17) is 22.7 Å². The van der Waals surface area contributed by atoms with Crippen molar-refractivity contribution in [2.75, 3.05) is 7.11 Å². The van der Waals surface area contributed by atoms with Crippen LogP contribution in [0.1, 0.15) is 16.7 Å². The summed E-state index contributed by atoms with van der Waals surface area (Å²) < 4.78 is 44.0. The Hall–Kier alpha value is -2.09.